The minimum atomic E-state index is -0.505. The molecule has 1 aromatic heterocycles. The molecule has 118 valence electrons. The number of aryl methyl sites for hydroxylation is 1. The molecule has 1 N–H and O–H groups in total. The van der Waals surface area contributed by atoms with Gasteiger partial charge in [-0.15, -0.1) is 0 Å². The summed E-state index contributed by atoms with van der Waals surface area (Å²) in [5.41, 5.74) is 0.290. The lowest BCUT2D eigenvalue weighted by atomic mass is 10.0. The number of hydrogen-bond acceptors (Lipinski definition) is 5. The van der Waals surface area contributed by atoms with E-state index >= 15 is 0 Å². The Balaban J connectivity index is 3.01. The second-order valence-electron chi connectivity index (χ2n) is 5.25. The van der Waals surface area contributed by atoms with Crippen LogP contribution in [-0.4, -0.2) is 28.9 Å². The Labute approximate surface area is 133 Å². The second kappa shape index (κ2) is 8.17. The van der Waals surface area contributed by atoms with Crippen LogP contribution >= 0.6 is 15.9 Å². The number of carbonyl (C=O) groups excluding carboxylic acids is 1. The number of esters is 1. The van der Waals surface area contributed by atoms with Crippen LogP contribution in [-0.2, 0) is 16.1 Å². The molecule has 0 saturated heterocycles. The number of nitrogens with zero attached hydrogens (tertiary/aromatic N) is 2. The molecular formula is C14H22BrN3O3. The Kier molecular flexibility index (Phi) is 6.87. The number of carbonyl (C=O) groups is 1. The van der Waals surface area contributed by atoms with E-state index in [1.807, 2.05) is 20.8 Å². The number of methoxy groups -OCH3 is 1. The fourth-order valence-corrected chi connectivity index (χ4v) is 2.37. The van der Waals surface area contributed by atoms with E-state index in [1.54, 1.807) is 6.20 Å². The Hall–Kier alpha value is -1.37. The smallest absolute Gasteiger partial charge is 0.328 e. The van der Waals surface area contributed by atoms with Gasteiger partial charge in [-0.25, -0.2) is 9.48 Å². The molecule has 7 heteroatoms. The van der Waals surface area contributed by atoms with Gasteiger partial charge in [0.2, 0.25) is 0 Å². The van der Waals surface area contributed by atoms with Crippen molar-refractivity contribution in [1.82, 2.24) is 9.78 Å². The summed E-state index contributed by atoms with van der Waals surface area (Å²) in [7, 11) is 1.35. The van der Waals surface area contributed by atoms with Gasteiger partial charge in [-0.1, -0.05) is 20.8 Å². The fraction of sp³-hybridized carbons (Fsp3) is 0.643. The second-order valence-corrected chi connectivity index (χ2v) is 6.04. The highest BCUT2D eigenvalue weighted by Gasteiger charge is 2.22. The van der Waals surface area contributed by atoms with Crippen molar-refractivity contribution >= 4 is 27.6 Å². The molecule has 0 fully saturated rings. The van der Waals surface area contributed by atoms with Gasteiger partial charge in [-0.05, 0) is 34.7 Å². The first kappa shape index (κ1) is 17.7. The van der Waals surface area contributed by atoms with E-state index in [-0.39, 0.29) is 11.5 Å². The quantitative estimate of drug-likeness (QED) is 0.756. The zero-order valence-electron chi connectivity index (χ0n) is 12.9. The molecule has 0 radical (unpaired) electrons. The number of hydrogen-bond donors (Lipinski definition) is 1. The summed E-state index contributed by atoms with van der Waals surface area (Å²) in [6.45, 7) is 6.57. The number of nitrogens with one attached hydrogen (secondary N) is 1. The lowest BCUT2D eigenvalue weighted by Gasteiger charge is -2.20. The van der Waals surface area contributed by atoms with Crippen LogP contribution in [0.2, 0.25) is 0 Å². The van der Waals surface area contributed by atoms with Gasteiger partial charge in [0.25, 0.3) is 5.56 Å². The highest BCUT2D eigenvalue weighted by molar-refractivity contribution is 9.10. The maximum atomic E-state index is 12.1. The molecule has 1 heterocycles. The first-order valence-electron chi connectivity index (χ1n) is 7.00. The average molecular weight is 360 g/mol. The summed E-state index contributed by atoms with van der Waals surface area (Å²) in [5.74, 6) is -0.0397. The number of ether oxygens (including phenoxy) is 1. The number of aromatic nitrogens is 2. The van der Waals surface area contributed by atoms with Crippen LogP contribution in [0.25, 0.3) is 0 Å². The summed E-state index contributed by atoms with van der Waals surface area (Å²) < 4.78 is 6.57. The van der Waals surface area contributed by atoms with E-state index in [4.69, 9.17) is 4.74 Å². The van der Waals surface area contributed by atoms with Crippen molar-refractivity contribution in [2.45, 2.75) is 46.2 Å². The number of anilines is 1. The largest absolute Gasteiger partial charge is 0.467 e. The SMILES string of the molecule is CCCn1ncc(NC(CC(C)C)C(=O)OC)c(Br)c1=O. The van der Waals surface area contributed by atoms with E-state index in [9.17, 15) is 9.59 Å². The third kappa shape index (κ3) is 4.84. The molecule has 0 aliphatic rings. The minimum Gasteiger partial charge on any atom is -0.467 e. The fourth-order valence-electron chi connectivity index (χ4n) is 1.95. The van der Waals surface area contributed by atoms with Gasteiger partial charge < -0.3 is 10.1 Å². The van der Waals surface area contributed by atoms with Gasteiger partial charge in [0.05, 0.1) is 19.0 Å². The summed E-state index contributed by atoms with van der Waals surface area (Å²) in [6, 6.07) is -0.505. The molecule has 6 nitrogen and oxygen atoms in total. The molecule has 0 saturated carbocycles. The predicted molar refractivity (Wildman–Crippen MR) is 85.4 cm³/mol. The van der Waals surface area contributed by atoms with Crippen molar-refractivity contribution in [3.05, 3.63) is 21.0 Å². The van der Waals surface area contributed by atoms with Crippen molar-refractivity contribution in [1.29, 1.82) is 0 Å². The molecular weight excluding hydrogens is 338 g/mol. The molecule has 1 unspecified atom stereocenters. The van der Waals surface area contributed by atoms with Gasteiger partial charge in [-0.2, -0.15) is 5.10 Å². The molecule has 1 atom stereocenters. The maximum absolute atomic E-state index is 12.1. The monoisotopic (exact) mass is 359 g/mol. The molecule has 21 heavy (non-hydrogen) atoms. The van der Waals surface area contributed by atoms with Crippen LogP contribution in [0, 0.1) is 5.92 Å². The van der Waals surface area contributed by atoms with Gasteiger partial charge in [0.1, 0.15) is 10.5 Å². The van der Waals surface area contributed by atoms with Gasteiger partial charge in [0, 0.05) is 6.54 Å². The van der Waals surface area contributed by atoms with Crippen LogP contribution in [0.1, 0.15) is 33.6 Å². The molecule has 0 aromatic carbocycles. The van der Waals surface area contributed by atoms with E-state index in [1.165, 1.54) is 11.8 Å². The maximum Gasteiger partial charge on any atom is 0.328 e. The van der Waals surface area contributed by atoms with Crippen LogP contribution in [0.4, 0.5) is 5.69 Å². The summed E-state index contributed by atoms with van der Waals surface area (Å²) in [4.78, 5) is 23.9. The lowest BCUT2D eigenvalue weighted by Crippen LogP contribution is -2.33. The van der Waals surface area contributed by atoms with Crippen LogP contribution in [0.15, 0.2) is 15.5 Å². The number of halogens is 1. The molecule has 0 bridgehead atoms. The average Bonchev–Trinajstić information content (AvgIpc) is 2.44. The summed E-state index contributed by atoms with van der Waals surface area (Å²) >= 11 is 3.28. The predicted octanol–water partition coefficient (Wildman–Crippen LogP) is 2.42. The first-order chi connectivity index (χ1) is 9.90. The van der Waals surface area contributed by atoms with E-state index in [0.29, 0.717) is 29.0 Å². The van der Waals surface area contributed by atoms with E-state index in [2.05, 4.69) is 26.3 Å². The summed E-state index contributed by atoms with van der Waals surface area (Å²) in [6.07, 6.45) is 2.98. The van der Waals surface area contributed by atoms with Crippen molar-refractivity contribution in [2.75, 3.05) is 12.4 Å². The Morgan fingerprint density at radius 1 is 1.52 bits per heavy atom. The van der Waals surface area contributed by atoms with Gasteiger partial charge >= 0.3 is 5.97 Å². The molecule has 0 amide bonds. The Bertz CT molecular complexity index is 543. The molecule has 0 spiro atoms. The van der Waals surface area contributed by atoms with E-state index in [0.717, 1.165) is 6.42 Å². The van der Waals surface area contributed by atoms with Gasteiger partial charge in [0.15, 0.2) is 0 Å². The normalized spacial score (nSPS) is 12.3. The molecule has 1 aromatic rings. The zero-order valence-corrected chi connectivity index (χ0v) is 14.4. The molecule has 0 aliphatic carbocycles. The lowest BCUT2D eigenvalue weighted by molar-refractivity contribution is -0.141. The Morgan fingerprint density at radius 2 is 2.19 bits per heavy atom. The van der Waals surface area contributed by atoms with Crippen molar-refractivity contribution < 1.29 is 9.53 Å². The topological polar surface area (TPSA) is 73.2 Å². The van der Waals surface area contributed by atoms with Gasteiger partial charge in [-0.3, -0.25) is 4.79 Å². The van der Waals surface area contributed by atoms with Crippen molar-refractivity contribution in [3.63, 3.8) is 0 Å². The standard InChI is InChI=1S/C14H22BrN3O3/c1-5-6-18-13(19)12(15)11(8-16-18)17-10(7-9(2)3)14(20)21-4/h8-10,17H,5-7H2,1-4H3. The van der Waals surface area contributed by atoms with Crippen molar-refractivity contribution in [2.24, 2.45) is 5.92 Å². The zero-order chi connectivity index (χ0) is 16.0. The van der Waals surface area contributed by atoms with E-state index < -0.39 is 6.04 Å². The molecule has 0 aliphatic heterocycles. The third-order valence-electron chi connectivity index (χ3n) is 2.94. The third-order valence-corrected chi connectivity index (χ3v) is 3.71. The van der Waals surface area contributed by atoms with Crippen molar-refractivity contribution in [3.8, 4) is 0 Å². The summed E-state index contributed by atoms with van der Waals surface area (Å²) in [5, 5.41) is 7.15. The molecule has 1 rings (SSSR count). The Morgan fingerprint density at radius 3 is 2.71 bits per heavy atom. The van der Waals surface area contributed by atoms with Crippen LogP contribution in [0.5, 0.6) is 0 Å². The highest BCUT2D eigenvalue weighted by Crippen LogP contribution is 2.20. The highest BCUT2D eigenvalue weighted by atomic mass is 79.9. The van der Waals surface area contributed by atoms with Crippen LogP contribution < -0.4 is 10.9 Å². The number of rotatable bonds is 7. The first-order valence-corrected chi connectivity index (χ1v) is 7.79. The minimum absolute atomic E-state index is 0.213. The van der Waals surface area contributed by atoms with Crippen LogP contribution in [0.3, 0.4) is 0 Å².